The summed E-state index contributed by atoms with van der Waals surface area (Å²) < 4.78 is 0. The van der Waals surface area contributed by atoms with Gasteiger partial charge in [0.2, 0.25) is 17.7 Å². The smallest absolute Gasteiger partial charge is 0.242 e. The first-order chi connectivity index (χ1) is 8.42. The van der Waals surface area contributed by atoms with E-state index in [1.165, 1.54) is 13.3 Å². The van der Waals surface area contributed by atoms with Crippen LogP contribution in [0, 0.1) is 0 Å². The van der Waals surface area contributed by atoms with Crippen molar-refractivity contribution in [1.29, 1.82) is 0 Å². The fraction of sp³-hybridized carbons (Fsp3) is 0.750. The Balaban J connectivity index is 0.000000873. The van der Waals surface area contributed by atoms with Crippen molar-refractivity contribution in [3.05, 3.63) is 0 Å². The Morgan fingerprint density at radius 3 is 2.39 bits per heavy atom. The number of hydrogen-bond donors (Lipinski definition) is 3. The Morgan fingerprint density at radius 1 is 1.44 bits per heavy atom. The number of carbonyl (C=O) groups is 3. The summed E-state index contributed by atoms with van der Waals surface area (Å²) in [5.74, 6) is -0.779. The summed E-state index contributed by atoms with van der Waals surface area (Å²) in [6, 6.07) is -1.08. The molecule has 0 aromatic carbocycles. The van der Waals surface area contributed by atoms with Crippen LogP contribution in [0.3, 0.4) is 0 Å². The third-order valence-corrected chi connectivity index (χ3v) is 2.18. The van der Waals surface area contributed by atoms with E-state index < -0.39 is 12.1 Å². The maximum absolute atomic E-state index is 11.5. The number of hydrogen-bond acceptors (Lipinski definition) is 3. The van der Waals surface area contributed by atoms with Crippen LogP contribution in [0.25, 0.3) is 0 Å². The van der Waals surface area contributed by atoms with Crippen LogP contribution >= 0.6 is 0 Å². The summed E-state index contributed by atoms with van der Waals surface area (Å²) >= 11 is 0. The molecule has 104 valence electrons. The molecule has 3 N–H and O–H groups in total. The van der Waals surface area contributed by atoms with Gasteiger partial charge in [0.15, 0.2) is 0 Å². The number of carbonyl (C=O) groups excluding carboxylic acids is 3. The van der Waals surface area contributed by atoms with E-state index in [1.807, 2.05) is 0 Å². The normalized spacial score (nSPS) is 19.1. The fourth-order valence-electron chi connectivity index (χ4n) is 1.40. The number of rotatable bonds is 3. The molecule has 0 spiro atoms. The zero-order chi connectivity index (χ0) is 14.1. The predicted octanol–water partition coefficient (Wildman–Crippen LogP) is -0.0680. The molecule has 6 nitrogen and oxygen atoms in total. The van der Waals surface area contributed by atoms with Crippen molar-refractivity contribution in [2.75, 3.05) is 6.54 Å². The van der Waals surface area contributed by atoms with Crippen LogP contribution in [0.1, 0.15) is 40.5 Å². The molecule has 0 bridgehead atoms. The van der Waals surface area contributed by atoms with E-state index in [9.17, 15) is 14.4 Å². The zero-order valence-electron chi connectivity index (χ0n) is 11.5. The molecule has 1 fully saturated rings. The molecule has 0 unspecified atom stereocenters. The highest BCUT2D eigenvalue weighted by Crippen LogP contribution is 1.99. The molecule has 0 aliphatic carbocycles. The molecule has 6 heteroatoms. The maximum Gasteiger partial charge on any atom is 0.242 e. The number of amides is 3. The zero-order valence-corrected chi connectivity index (χ0v) is 11.5. The molecule has 1 rings (SSSR count). The van der Waals surface area contributed by atoms with E-state index in [0.717, 1.165) is 0 Å². The van der Waals surface area contributed by atoms with Crippen LogP contribution in [-0.2, 0) is 14.4 Å². The molecule has 2 atom stereocenters. The maximum atomic E-state index is 11.5. The molecule has 3 amide bonds. The molecule has 1 aliphatic rings. The quantitative estimate of drug-likeness (QED) is 0.661. The summed E-state index contributed by atoms with van der Waals surface area (Å²) in [6.07, 6.45) is 1.84. The minimum atomic E-state index is -0.615. The van der Waals surface area contributed by atoms with Gasteiger partial charge in [0.25, 0.3) is 0 Å². The SMILES string of the molecule is CC(=O)N[C@@H](C)C(=O)N[C@H]1CCNC1=O.CCC. The lowest BCUT2D eigenvalue weighted by Crippen LogP contribution is -2.49. The first-order valence-electron chi connectivity index (χ1n) is 6.27. The second-order valence-corrected chi connectivity index (χ2v) is 4.27. The van der Waals surface area contributed by atoms with Crippen LogP contribution in [0.2, 0.25) is 0 Å². The number of nitrogens with one attached hydrogen (secondary N) is 3. The van der Waals surface area contributed by atoms with Gasteiger partial charge in [-0.15, -0.1) is 0 Å². The highest BCUT2D eigenvalue weighted by Gasteiger charge is 2.27. The summed E-state index contributed by atoms with van der Waals surface area (Å²) in [5, 5.41) is 7.63. The molecule has 0 radical (unpaired) electrons. The average molecular weight is 257 g/mol. The van der Waals surface area contributed by atoms with Crippen LogP contribution < -0.4 is 16.0 Å². The van der Waals surface area contributed by atoms with E-state index in [2.05, 4.69) is 29.8 Å². The third kappa shape index (κ3) is 6.22. The van der Waals surface area contributed by atoms with Gasteiger partial charge in [-0.25, -0.2) is 0 Å². The first kappa shape index (κ1) is 16.4. The largest absolute Gasteiger partial charge is 0.354 e. The van der Waals surface area contributed by atoms with Crippen molar-refractivity contribution in [3.63, 3.8) is 0 Å². The molecule has 0 aromatic rings. The van der Waals surface area contributed by atoms with Crippen molar-refractivity contribution in [1.82, 2.24) is 16.0 Å². The monoisotopic (exact) mass is 257 g/mol. The molecular formula is C12H23N3O3. The lowest BCUT2D eigenvalue weighted by Gasteiger charge is -2.15. The van der Waals surface area contributed by atoms with Gasteiger partial charge < -0.3 is 16.0 Å². The van der Waals surface area contributed by atoms with Crippen LogP contribution in [0.4, 0.5) is 0 Å². The lowest BCUT2D eigenvalue weighted by molar-refractivity contribution is -0.130. The van der Waals surface area contributed by atoms with Gasteiger partial charge in [-0.05, 0) is 13.3 Å². The fourth-order valence-corrected chi connectivity index (χ4v) is 1.40. The Hall–Kier alpha value is -1.59. The first-order valence-corrected chi connectivity index (χ1v) is 6.27. The summed E-state index contributed by atoms with van der Waals surface area (Å²) in [4.78, 5) is 33.3. The second kappa shape index (κ2) is 8.49. The summed E-state index contributed by atoms with van der Waals surface area (Å²) in [7, 11) is 0. The summed E-state index contributed by atoms with van der Waals surface area (Å²) in [6.45, 7) is 7.74. The van der Waals surface area contributed by atoms with Gasteiger partial charge in [-0.3, -0.25) is 14.4 Å². The van der Waals surface area contributed by atoms with Crippen molar-refractivity contribution in [3.8, 4) is 0 Å². The Labute approximate surface area is 108 Å². The predicted molar refractivity (Wildman–Crippen MR) is 68.8 cm³/mol. The molecule has 18 heavy (non-hydrogen) atoms. The van der Waals surface area contributed by atoms with Gasteiger partial charge in [-0.2, -0.15) is 0 Å². The molecular weight excluding hydrogens is 234 g/mol. The average Bonchev–Trinajstić information content (AvgIpc) is 2.64. The molecule has 0 aromatic heterocycles. The van der Waals surface area contributed by atoms with Gasteiger partial charge in [0, 0.05) is 13.5 Å². The molecule has 1 heterocycles. The minimum Gasteiger partial charge on any atom is -0.354 e. The van der Waals surface area contributed by atoms with E-state index >= 15 is 0 Å². The standard InChI is InChI=1S/C9H15N3O3.C3H8/c1-5(11-6(2)13)8(14)12-7-3-4-10-9(7)15;1-3-2/h5,7H,3-4H2,1-2H3,(H,10,15)(H,11,13)(H,12,14);3H2,1-2H3/t5-,7-;/m0./s1. The van der Waals surface area contributed by atoms with Gasteiger partial charge >= 0.3 is 0 Å². The molecule has 1 aliphatic heterocycles. The van der Waals surface area contributed by atoms with E-state index in [4.69, 9.17) is 0 Å². The third-order valence-electron chi connectivity index (χ3n) is 2.18. The highest BCUT2D eigenvalue weighted by atomic mass is 16.2. The van der Waals surface area contributed by atoms with E-state index in [0.29, 0.717) is 13.0 Å². The topological polar surface area (TPSA) is 87.3 Å². The van der Waals surface area contributed by atoms with Gasteiger partial charge in [0.05, 0.1) is 0 Å². The van der Waals surface area contributed by atoms with Crippen molar-refractivity contribution < 1.29 is 14.4 Å². The van der Waals surface area contributed by atoms with Crippen molar-refractivity contribution in [2.24, 2.45) is 0 Å². The molecule has 0 saturated carbocycles. The lowest BCUT2D eigenvalue weighted by atomic mass is 10.2. The Kier molecular flexibility index (Phi) is 7.74. The summed E-state index contributed by atoms with van der Waals surface area (Å²) in [5.41, 5.74) is 0. The van der Waals surface area contributed by atoms with E-state index in [-0.39, 0.29) is 17.7 Å². The minimum absolute atomic E-state index is 0.168. The Bertz CT molecular complexity index is 305. The van der Waals surface area contributed by atoms with Crippen LogP contribution in [0.15, 0.2) is 0 Å². The van der Waals surface area contributed by atoms with Crippen molar-refractivity contribution in [2.45, 2.75) is 52.6 Å². The van der Waals surface area contributed by atoms with Gasteiger partial charge in [0.1, 0.15) is 12.1 Å². The Morgan fingerprint density at radius 2 is 2.00 bits per heavy atom. The van der Waals surface area contributed by atoms with Crippen LogP contribution in [0.5, 0.6) is 0 Å². The molecule has 1 saturated heterocycles. The van der Waals surface area contributed by atoms with Crippen LogP contribution in [-0.4, -0.2) is 36.3 Å². The second-order valence-electron chi connectivity index (χ2n) is 4.27. The van der Waals surface area contributed by atoms with Crippen molar-refractivity contribution >= 4 is 17.7 Å². The van der Waals surface area contributed by atoms with E-state index in [1.54, 1.807) is 6.92 Å². The van der Waals surface area contributed by atoms with Gasteiger partial charge in [-0.1, -0.05) is 20.3 Å². The highest BCUT2D eigenvalue weighted by molar-refractivity contribution is 5.92.